The molecule has 7 nitrogen and oxygen atoms in total. The molecule has 0 aliphatic carbocycles. The van der Waals surface area contributed by atoms with E-state index in [0.717, 1.165) is 44.2 Å². The topological polar surface area (TPSA) is 79.3 Å². The zero-order valence-electron chi connectivity index (χ0n) is 18.1. The number of hydrogen-bond acceptors (Lipinski definition) is 6. The van der Waals surface area contributed by atoms with E-state index >= 15 is 0 Å². The van der Waals surface area contributed by atoms with E-state index in [9.17, 15) is 9.59 Å². The van der Waals surface area contributed by atoms with Crippen molar-refractivity contribution < 1.29 is 24.2 Å². The van der Waals surface area contributed by atoms with Gasteiger partial charge in [-0.25, -0.2) is 0 Å². The molecule has 0 radical (unpaired) electrons. The number of Topliss-reactive ketones (excluding diaryl/α,β-unsaturated/α-hetero) is 1. The lowest BCUT2D eigenvalue weighted by Gasteiger charge is -2.36. The van der Waals surface area contributed by atoms with Gasteiger partial charge in [0.25, 0.3) is 0 Å². The zero-order valence-corrected chi connectivity index (χ0v) is 19.7. The monoisotopic (exact) mass is 484 g/mol. The summed E-state index contributed by atoms with van der Waals surface area (Å²) in [7, 11) is 1.70. The zero-order chi connectivity index (χ0) is 21.3. The SMILES string of the molecule is COc1ccccc1N1CCN(CCOc2ccc(C(=O)CCC(=O)O)cc2)CC1.Cl.Cl. The number of anilines is 1. The van der Waals surface area contributed by atoms with Crippen LogP contribution in [0.1, 0.15) is 23.2 Å². The van der Waals surface area contributed by atoms with Crippen LogP contribution in [0, 0.1) is 0 Å². The van der Waals surface area contributed by atoms with Crippen molar-refractivity contribution in [1.82, 2.24) is 4.90 Å². The Morgan fingerprint density at radius 2 is 1.59 bits per heavy atom. The summed E-state index contributed by atoms with van der Waals surface area (Å²) in [4.78, 5) is 27.2. The van der Waals surface area contributed by atoms with Gasteiger partial charge in [0.2, 0.25) is 0 Å². The van der Waals surface area contributed by atoms with Gasteiger partial charge in [0.15, 0.2) is 5.78 Å². The summed E-state index contributed by atoms with van der Waals surface area (Å²) in [6, 6.07) is 15.0. The first-order chi connectivity index (χ1) is 14.6. The van der Waals surface area contributed by atoms with Gasteiger partial charge in [-0.3, -0.25) is 14.5 Å². The number of ketones is 1. The van der Waals surface area contributed by atoms with Crippen LogP contribution in [-0.4, -0.2) is 68.2 Å². The van der Waals surface area contributed by atoms with Gasteiger partial charge >= 0.3 is 5.97 Å². The number of rotatable bonds is 10. The fourth-order valence-electron chi connectivity index (χ4n) is 3.50. The maximum absolute atomic E-state index is 11.9. The summed E-state index contributed by atoms with van der Waals surface area (Å²) in [6.07, 6.45) is -0.141. The number of carbonyl (C=O) groups excluding carboxylic acids is 1. The molecule has 1 heterocycles. The fraction of sp³-hybridized carbons (Fsp3) is 0.391. The van der Waals surface area contributed by atoms with Crippen LogP contribution in [0.2, 0.25) is 0 Å². The van der Waals surface area contributed by atoms with E-state index in [1.165, 1.54) is 0 Å². The molecule has 0 atom stereocenters. The first-order valence-electron chi connectivity index (χ1n) is 10.1. The van der Waals surface area contributed by atoms with E-state index in [4.69, 9.17) is 14.6 Å². The second kappa shape index (κ2) is 13.8. The number of piperazine rings is 1. The first kappa shape index (κ1) is 27.6. The van der Waals surface area contributed by atoms with Gasteiger partial charge in [-0.2, -0.15) is 0 Å². The molecule has 0 aromatic heterocycles. The Kier molecular flexibility index (Phi) is 11.9. The summed E-state index contributed by atoms with van der Waals surface area (Å²) >= 11 is 0. The van der Waals surface area contributed by atoms with Crippen LogP contribution in [0.25, 0.3) is 0 Å². The summed E-state index contributed by atoms with van der Waals surface area (Å²) < 4.78 is 11.3. The highest BCUT2D eigenvalue weighted by Crippen LogP contribution is 2.28. The van der Waals surface area contributed by atoms with Crippen molar-refractivity contribution in [2.75, 3.05) is 51.3 Å². The Morgan fingerprint density at radius 3 is 2.22 bits per heavy atom. The van der Waals surface area contributed by atoms with Crippen molar-refractivity contribution in [1.29, 1.82) is 0 Å². The molecule has 176 valence electrons. The normalized spacial score (nSPS) is 13.5. The predicted molar refractivity (Wildman–Crippen MR) is 129 cm³/mol. The number of ether oxygens (including phenoxy) is 2. The number of benzene rings is 2. The van der Waals surface area contributed by atoms with Crippen molar-refractivity contribution in [3.05, 3.63) is 54.1 Å². The Morgan fingerprint density at radius 1 is 0.938 bits per heavy atom. The molecule has 0 spiro atoms. The molecule has 0 saturated carbocycles. The van der Waals surface area contributed by atoms with Crippen molar-refractivity contribution in [2.45, 2.75) is 12.8 Å². The van der Waals surface area contributed by atoms with E-state index in [0.29, 0.717) is 17.9 Å². The lowest BCUT2D eigenvalue weighted by molar-refractivity contribution is -0.136. The van der Waals surface area contributed by atoms with Gasteiger partial charge in [0.05, 0.1) is 19.2 Å². The second-order valence-corrected chi connectivity index (χ2v) is 7.19. The van der Waals surface area contributed by atoms with Gasteiger partial charge in [0, 0.05) is 44.7 Å². The van der Waals surface area contributed by atoms with Gasteiger partial charge in [0.1, 0.15) is 18.1 Å². The van der Waals surface area contributed by atoms with Crippen molar-refractivity contribution >= 4 is 42.3 Å². The van der Waals surface area contributed by atoms with Crippen LogP contribution in [-0.2, 0) is 4.79 Å². The number of halogens is 2. The first-order valence-corrected chi connectivity index (χ1v) is 10.1. The molecule has 1 aliphatic rings. The average Bonchev–Trinajstić information content (AvgIpc) is 2.78. The molecule has 1 N–H and O–H groups in total. The molecule has 9 heteroatoms. The van der Waals surface area contributed by atoms with Crippen LogP contribution >= 0.6 is 24.8 Å². The minimum atomic E-state index is -0.966. The number of carboxylic acid groups (broad SMARTS) is 1. The molecular weight excluding hydrogens is 455 g/mol. The molecule has 32 heavy (non-hydrogen) atoms. The van der Waals surface area contributed by atoms with E-state index in [1.807, 2.05) is 18.2 Å². The number of para-hydroxylation sites is 2. The lowest BCUT2D eigenvalue weighted by atomic mass is 10.1. The molecule has 0 bridgehead atoms. The van der Waals surface area contributed by atoms with Gasteiger partial charge in [-0.05, 0) is 36.4 Å². The molecule has 1 fully saturated rings. The Labute approximate surface area is 201 Å². The van der Waals surface area contributed by atoms with Crippen LogP contribution < -0.4 is 14.4 Å². The standard InChI is InChI=1S/C23H28N2O5.2ClH/c1-29-22-5-3-2-4-20(22)25-14-12-24(13-15-25)16-17-30-19-8-6-18(7-9-19)21(26)10-11-23(27)28;;/h2-9H,10-17H2,1H3,(H,27,28);2*1H. The van der Waals surface area contributed by atoms with Crippen LogP contribution in [0.4, 0.5) is 5.69 Å². The minimum absolute atomic E-state index is 0. The fourth-order valence-corrected chi connectivity index (χ4v) is 3.50. The Bertz CT molecular complexity index is 856. The van der Waals surface area contributed by atoms with Crippen molar-refractivity contribution in [2.24, 2.45) is 0 Å². The summed E-state index contributed by atoms with van der Waals surface area (Å²) in [5.41, 5.74) is 1.64. The number of carbonyl (C=O) groups is 2. The third-order valence-corrected chi connectivity index (χ3v) is 5.22. The molecular formula is C23H30Cl2N2O5. The second-order valence-electron chi connectivity index (χ2n) is 7.19. The van der Waals surface area contributed by atoms with E-state index in [-0.39, 0.29) is 43.4 Å². The largest absolute Gasteiger partial charge is 0.495 e. The Balaban J connectivity index is 0.00000256. The Hall–Kier alpha value is -2.48. The number of carboxylic acids is 1. The minimum Gasteiger partial charge on any atom is -0.495 e. The van der Waals surface area contributed by atoms with Crippen LogP contribution in [0.5, 0.6) is 11.5 Å². The molecule has 3 rings (SSSR count). The van der Waals surface area contributed by atoms with Gasteiger partial charge in [-0.15, -0.1) is 24.8 Å². The smallest absolute Gasteiger partial charge is 0.303 e. The third-order valence-electron chi connectivity index (χ3n) is 5.22. The molecule has 0 amide bonds. The van der Waals surface area contributed by atoms with Gasteiger partial charge < -0.3 is 19.5 Å². The quantitative estimate of drug-likeness (QED) is 0.513. The van der Waals surface area contributed by atoms with Crippen molar-refractivity contribution in [3.8, 4) is 11.5 Å². The average molecular weight is 485 g/mol. The summed E-state index contributed by atoms with van der Waals surface area (Å²) in [6.45, 7) is 5.19. The van der Waals surface area contributed by atoms with Crippen LogP contribution in [0.15, 0.2) is 48.5 Å². The molecule has 2 aromatic rings. The molecule has 1 aliphatic heterocycles. The van der Waals surface area contributed by atoms with E-state index < -0.39 is 5.97 Å². The number of hydrogen-bond donors (Lipinski definition) is 1. The van der Waals surface area contributed by atoms with E-state index in [2.05, 4.69) is 15.9 Å². The highest BCUT2D eigenvalue weighted by Gasteiger charge is 2.19. The molecule has 2 aromatic carbocycles. The highest BCUT2D eigenvalue weighted by molar-refractivity contribution is 5.97. The third kappa shape index (κ3) is 7.89. The maximum atomic E-state index is 11.9. The maximum Gasteiger partial charge on any atom is 0.303 e. The number of nitrogens with zero attached hydrogens (tertiary/aromatic N) is 2. The van der Waals surface area contributed by atoms with E-state index in [1.54, 1.807) is 31.4 Å². The van der Waals surface area contributed by atoms with Gasteiger partial charge in [-0.1, -0.05) is 12.1 Å². The molecule has 1 saturated heterocycles. The predicted octanol–water partition coefficient (Wildman–Crippen LogP) is 3.79. The molecule has 0 unspecified atom stereocenters. The highest BCUT2D eigenvalue weighted by atomic mass is 35.5. The lowest BCUT2D eigenvalue weighted by Crippen LogP contribution is -2.47. The number of methoxy groups -OCH3 is 1. The summed E-state index contributed by atoms with van der Waals surface area (Å²) in [5.74, 6) is 0.473. The van der Waals surface area contributed by atoms with Crippen LogP contribution in [0.3, 0.4) is 0 Å². The number of aliphatic carboxylic acids is 1. The summed E-state index contributed by atoms with van der Waals surface area (Å²) in [5, 5.41) is 8.67. The van der Waals surface area contributed by atoms with Crippen molar-refractivity contribution in [3.63, 3.8) is 0 Å².